The Morgan fingerprint density at radius 2 is 2.19 bits per heavy atom. The minimum absolute atomic E-state index is 0.198. The zero-order valence-electron chi connectivity index (χ0n) is 10.2. The van der Waals surface area contributed by atoms with Crippen LogP contribution in [0.5, 0.6) is 0 Å². The normalized spacial score (nSPS) is 25.6. The first-order valence-electron chi connectivity index (χ1n) is 6.32. The number of furan rings is 1. The van der Waals surface area contributed by atoms with Crippen molar-refractivity contribution in [2.24, 2.45) is 11.8 Å². The van der Waals surface area contributed by atoms with E-state index in [1.807, 2.05) is 13.0 Å². The highest BCUT2D eigenvalue weighted by atomic mass is 16.3. The Hall–Kier alpha value is -1.05. The van der Waals surface area contributed by atoms with Gasteiger partial charge in [-0.25, -0.2) is 0 Å². The van der Waals surface area contributed by atoms with Crippen LogP contribution >= 0.6 is 0 Å². The van der Waals surface area contributed by atoms with E-state index in [0.29, 0.717) is 11.7 Å². The summed E-state index contributed by atoms with van der Waals surface area (Å²) < 4.78 is 5.32. The minimum Gasteiger partial charge on any atom is -0.461 e. The molecule has 0 aliphatic heterocycles. The van der Waals surface area contributed by atoms with Gasteiger partial charge in [-0.1, -0.05) is 26.2 Å². The second-order valence-corrected chi connectivity index (χ2v) is 4.86. The molecule has 2 rings (SSSR count). The van der Waals surface area contributed by atoms with Crippen molar-refractivity contribution in [3.05, 3.63) is 23.7 Å². The van der Waals surface area contributed by atoms with E-state index in [4.69, 9.17) is 4.42 Å². The van der Waals surface area contributed by atoms with E-state index in [2.05, 4.69) is 6.92 Å². The summed E-state index contributed by atoms with van der Waals surface area (Å²) in [6.07, 6.45) is 7.43. The van der Waals surface area contributed by atoms with Crippen LogP contribution in [0.1, 0.15) is 55.1 Å². The molecule has 2 atom stereocenters. The lowest BCUT2D eigenvalue weighted by Crippen LogP contribution is -2.27. The molecule has 0 radical (unpaired) electrons. The highest BCUT2D eigenvalue weighted by molar-refractivity contribution is 5.96. The lowest BCUT2D eigenvalue weighted by Gasteiger charge is -2.29. The van der Waals surface area contributed by atoms with E-state index in [-0.39, 0.29) is 11.7 Å². The molecule has 0 amide bonds. The maximum atomic E-state index is 12.4. The molecule has 1 heterocycles. The monoisotopic (exact) mass is 220 g/mol. The number of Topliss-reactive ketones (excluding diaryl/α,β-unsaturated/α-hetero) is 1. The van der Waals surface area contributed by atoms with Crippen molar-refractivity contribution in [3.63, 3.8) is 0 Å². The molecule has 1 aromatic rings. The Bertz CT molecular complexity index is 365. The molecule has 1 aromatic heterocycles. The van der Waals surface area contributed by atoms with Crippen molar-refractivity contribution >= 4 is 5.78 Å². The van der Waals surface area contributed by atoms with Crippen LogP contribution in [0.4, 0.5) is 0 Å². The second-order valence-electron chi connectivity index (χ2n) is 4.86. The molecule has 16 heavy (non-hydrogen) atoms. The average Bonchev–Trinajstić information content (AvgIpc) is 2.74. The Kier molecular flexibility index (Phi) is 3.47. The van der Waals surface area contributed by atoms with Gasteiger partial charge in [-0.05, 0) is 37.3 Å². The number of carbonyl (C=O) groups is 1. The molecule has 1 aliphatic rings. The predicted octanol–water partition coefficient (Wildman–Crippen LogP) is 3.99. The molecule has 1 saturated carbocycles. The summed E-state index contributed by atoms with van der Waals surface area (Å²) in [5, 5.41) is 0. The van der Waals surface area contributed by atoms with Crippen LogP contribution in [0, 0.1) is 18.8 Å². The minimum atomic E-state index is 0.198. The van der Waals surface area contributed by atoms with Crippen LogP contribution in [-0.2, 0) is 0 Å². The smallest absolute Gasteiger partial charge is 0.201 e. The number of rotatable bonds is 3. The van der Waals surface area contributed by atoms with Gasteiger partial charge < -0.3 is 4.42 Å². The lowest BCUT2D eigenvalue weighted by molar-refractivity contribution is 0.0790. The number of hydrogen-bond acceptors (Lipinski definition) is 2. The SMILES string of the molecule is CCC1CCCCC1C(=O)c1occc1C. The molecule has 1 fully saturated rings. The third-order valence-electron chi connectivity index (χ3n) is 3.86. The summed E-state index contributed by atoms with van der Waals surface area (Å²) in [6.45, 7) is 4.13. The van der Waals surface area contributed by atoms with E-state index in [9.17, 15) is 4.79 Å². The van der Waals surface area contributed by atoms with Gasteiger partial charge in [-0.2, -0.15) is 0 Å². The van der Waals surface area contributed by atoms with Crippen LogP contribution in [0.15, 0.2) is 16.7 Å². The van der Waals surface area contributed by atoms with Gasteiger partial charge in [0.2, 0.25) is 5.78 Å². The average molecular weight is 220 g/mol. The molecule has 0 saturated heterocycles. The Labute approximate surface area is 97.0 Å². The molecule has 0 aromatic carbocycles. The third-order valence-corrected chi connectivity index (χ3v) is 3.86. The molecule has 0 spiro atoms. The van der Waals surface area contributed by atoms with Crippen LogP contribution < -0.4 is 0 Å². The first kappa shape index (κ1) is 11.4. The number of ketones is 1. The summed E-state index contributed by atoms with van der Waals surface area (Å²) >= 11 is 0. The van der Waals surface area contributed by atoms with Gasteiger partial charge >= 0.3 is 0 Å². The number of aryl methyl sites for hydroxylation is 1. The van der Waals surface area contributed by atoms with Gasteiger partial charge in [0.1, 0.15) is 0 Å². The van der Waals surface area contributed by atoms with Crippen LogP contribution in [0.2, 0.25) is 0 Å². The van der Waals surface area contributed by atoms with E-state index in [0.717, 1.165) is 18.4 Å². The first-order valence-corrected chi connectivity index (χ1v) is 6.32. The fraction of sp³-hybridized carbons (Fsp3) is 0.643. The Balaban J connectivity index is 2.17. The molecule has 2 unspecified atom stereocenters. The molecule has 1 aliphatic carbocycles. The maximum absolute atomic E-state index is 12.4. The van der Waals surface area contributed by atoms with Crippen LogP contribution in [-0.4, -0.2) is 5.78 Å². The first-order chi connectivity index (χ1) is 7.74. The summed E-state index contributed by atoms with van der Waals surface area (Å²) in [6, 6.07) is 1.87. The lowest BCUT2D eigenvalue weighted by atomic mass is 9.75. The quantitative estimate of drug-likeness (QED) is 0.721. The molecular formula is C14H20O2. The zero-order valence-corrected chi connectivity index (χ0v) is 10.2. The van der Waals surface area contributed by atoms with Crippen molar-refractivity contribution in [1.82, 2.24) is 0 Å². The van der Waals surface area contributed by atoms with Crippen molar-refractivity contribution in [3.8, 4) is 0 Å². The van der Waals surface area contributed by atoms with Crippen molar-refractivity contribution in [2.45, 2.75) is 46.0 Å². The van der Waals surface area contributed by atoms with Crippen molar-refractivity contribution < 1.29 is 9.21 Å². The van der Waals surface area contributed by atoms with Gasteiger partial charge in [0, 0.05) is 5.92 Å². The number of hydrogen-bond donors (Lipinski definition) is 0. The molecule has 2 nitrogen and oxygen atoms in total. The Morgan fingerprint density at radius 1 is 1.44 bits per heavy atom. The second kappa shape index (κ2) is 4.86. The highest BCUT2D eigenvalue weighted by Gasteiger charge is 2.32. The van der Waals surface area contributed by atoms with Gasteiger partial charge in [0.15, 0.2) is 5.76 Å². The Morgan fingerprint density at radius 3 is 2.81 bits per heavy atom. The molecule has 0 N–H and O–H groups in total. The predicted molar refractivity (Wildman–Crippen MR) is 63.5 cm³/mol. The fourth-order valence-electron chi connectivity index (χ4n) is 2.84. The van der Waals surface area contributed by atoms with Crippen LogP contribution in [0.3, 0.4) is 0 Å². The molecule has 2 heteroatoms. The molecule has 0 bridgehead atoms. The zero-order chi connectivity index (χ0) is 11.5. The largest absolute Gasteiger partial charge is 0.461 e. The maximum Gasteiger partial charge on any atom is 0.201 e. The topological polar surface area (TPSA) is 30.2 Å². The van der Waals surface area contributed by atoms with E-state index in [1.165, 1.54) is 19.3 Å². The third kappa shape index (κ3) is 2.06. The number of carbonyl (C=O) groups excluding carboxylic acids is 1. The summed E-state index contributed by atoms with van der Waals surface area (Å²) in [7, 11) is 0. The summed E-state index contributed by atoms with van der Waals surface area (Å²) in [5.74, 6) is 1.58. The summed E-state index contributed by atoms with van der Waals surface area (Å²) in [4.78, 5) is 12.4. The standard InChI is InChI=1S/C14H20O2/c1-3-11-6-4-5-7-12(11)13(15)14-10(2)8-9-16-14/h8-9,11-12H,3-7H2,1-2H3. The summed E-state index contributed by atoms with van der Waals surface area (Å²) in [5.41, 5.74) is 0.977. The van der Waals surface area contributed by atoms with E-state index >= 15 is 0 Å². The molecule has 88 valence electrons. The van der Waals surface area contributed by atoms with Gasteiger partial charge in [0.25, 0.3) is 0 Å². The van der Waals surface area contributed by atoms with Gasteiger partial charge in [-0.15, -0.1) is 0 Å². The van der Waals surface area contributed by atoms with E-state index < -0.39 is 0 Å². The van der Waals surface area contributed by atoms with E-state index in [1.54, 1.807) is 6.26 Å². The highest BCUT2D eigenvalue weighted by Crippen LogP contribution is 2.35. The van der Waals surface area contributed by atoms with Crippen LogP contribution in [0.25, 0.3) is 0 Å². The van der Waals surface area contributed by atoms with Gasteiger partial charge in [-0.3, -0.25) is 4.79 Å². The van der Waals surface area contributed by atoms with Crippen molar-refractivity contribution in [2.75, 3.05) is 0 Å². The molecular weight excluding hydrogens is 200 g/mol. The fourth-order valence-corrected chi connectivity index (χ4v) is 2.84. The van der Waals surface area contributed by atoms with Crippen molar-refractivity contribution in [1.29, 1.82) is 0 Å². The van der Waals surface area contributed by atoms with Gasteiger partial charge in [0.05, 0.1) is 6.26 Å².